The van der Waals surface area contributed by atoms with Gasteiger partial charge in [-0.2, -0.15) is 0 Å². The Kier molecular flexibility index (Phi) is 6.00. The molecule has 2 aromatic rings. The first-order valence-corrected chi connectivity index (χ1v) is 13.5. The SMILES string of the molecule is CCc1cc([Se][Se]c2cc(C)c(O)c(CC)c2)cc(C)c1O. The molecule has 22 heavy (non-hydrogen) atoms. The standard InChI is InChI=1S/C18H22O2Se2/c1-5-13-9-15(7-11(3)17(13)19)21-22-16-8-12(4)18(20)14(6-2)10-16/h7-10,19-20H,5-6H2,1-4H3. The van der Waals surface area contributed by atoms with E-state index in [0.29, 0.717) is 37.8 Å². The molecular formula is C18H22O2Se2. The Hall–Kier alpha value is -0.921. The van der Waals surface area contributed by atoms with Crippen LogP contribution in [-0.2, 0) is 12.8 Å². The number of rotatable bonds is 5. The normalized spacial score (nSPS) is 10.9. The van der Waals surface area contributed by atoms with Crippen LogP contribution in [0.3, 0.4) is 0 Å². The van der Waals surface area contributed by atoms with Gasteiger partial charge in [0, 0.05) is 0 Å². The van der Waals surface area contributed by atoms with Crippen molar-refractivity contribution in [2.45, 2.75) is 40.5 Å². The Morgan fingerprint density at radius 1 is 0.727 bits per heavy atom. The summed E-state index contributed by atoms with van der Waals surface area (Å²) in [6.45, 7) is 8.10. The molecule has 0 aliphatic carbocycles. The van der Waals surface area contributed by atoms with Gasteiger partial charge in [-0.3, -0.25) is 0 Å². The third kappa shape index (κ3) is 3.88. The van der Waals surface area contributed by atoms with Crippen LogP contribution in [0.2, 0.25) is 0 Å². The van der Waals surface area contributed by atoms with Crippen LogP contribution < -0.4 is 8.92 Å². The van der Waals surface area contributed by atoms with Crippen molar-refractivity contribution in [3.05, 3.63) is 46.5 Å². The molecule has 0 saturated heterocycles. The molecule has 0 radical (unpaired) electrons. The van der Waals surface area contributed by atoms with Gasteiger partial charge in [0.15, 0.2) is 0 Å². The van der Waals surface area contributed by atoms with Gasteiger partial charge in [0.05, 0.1) is 0 Å². The Labute approximate surface area is 143 Å². The number of benzene rings is 2. The van der Waals surface area contributed by atoms with Crippen molar-refractivity contribution in [1.29, 1.82) is 0 Å². The summed E-state index contributed by atoms with van der Waals surface area (Å²) in [6, 6.07) is 8.53. The molecule has 2 rings (SSSR count). The monoisotopic (exact) mass is 430 g/mol. The fourth-order valence-electron chi connectivity index (χ4n) is 2.36. The van der Waals surface area contributed by atoms with E-state index in [4.69, 9.17) is 0 Å². The molecule has 0 aromatic heterocycles. The van der Waals surface area contributed by atoms with Crippen molar-refractivity contribution < 1.29 is 10.2 Å². The van der Waals surface area contributed by atoms with E-state index in [2.05, 4.69) is 38.1 Å². The quantitative estimate of drug-likeness (QED) is 0.717. The Balaban J connectivity index is 2.20. The molecule has 2 nitrogen and oxygen atoms in total. The van der Waals surface area contributed by atoms with E-state index in [1.165, 1.54) is 8.92 Å². The summed E-state index contributed by atoms with van der Waals surface area (Å²) in [4.78, 5) is 0. The molecular weight excluding hydrogens is 406 g/mol. The van der Waals surface area contributed by atoms with Crippen LogP contribution in [0.25, 0.3) is 0 Å². The average Bonchev–Trinajstić information content (AvgIpc) is 2.51. The van der Waals surface area contributed by atoms with Gasteiger partial charge in [-0.1, -0.05) is 0 Å². The van der Waals surface area contributed by atoms with Crippen molar-refractivity contribution in [3.8, 4) is 11.5 Å². The van der Waals surface area contributed by atoms with E-state index in [-0.39, 0.29) is 0 Å². The van der Waals surface area contributed by atoms with E-state index in [1.807, 2.05) is 13.8 Å². The van der Waals surface area contributed by atoms with Gasteiger partial charge in [-0.05, 0) is 0 Å². The second kappa shape index (κ2) is 7.57. The molecule has 2 N–H and O–H groups in total. The zero-order valence-corrected chi connectivity index (χ0v) is 16.9. The third-order valence-electron chi connectivity index (χ3n) is 3.70. The van der Waals surface area contributed by atoms with Crippen LogP contribution in [0.4, 0.5) is 0 Å². The third-order valence-corrected chi connectivity index (χ3v) is 10.8. The number of aromatic hydroxyl groups is 2. The molecule has 118 valence electrons. The molecule has 0 heterocycles. The summed E-state index contributed by atoms with van der Waals surface area (Å²) < 4.78 is 2.70. The second-order valence-electron chi connectivity index (χ2n) is 5.37. The van der Waals surface area contributed by atoms with Crippen molar-refractivity contribution in [2.24, 2.45) is 0 Å². The maximum atomic E-state index is 10.0. The van der Waals surface area contributed by atoms with Crippen LogP contribution in [0, 0.1) is 13.8 Å². The summed E-state index contributed by atoms with van der Waals surface area (Å²) in [5, 5.41) is 20.1. The maximum absolute atomic E-state index is 10.0. The molecule has 0 fully saturated rings. The zero-order valence-electron chi connectivity index (χ0n) is 13.4. The number of hydrogen-bond donors (Lipinski definition) is 2. The Morgan fingerprint density at radius 3 is 1.41 bits per heavy atom. The first-order chi connectivity index (χ1) is 10.5. The van der Waals surface area contributed by atoms with E-state index >= 15 is 0 Å². The molecule has 0 atom stereocenters. The van der Waals surface area contributed by atoms with E-state index in [0.717, 1.165) is 35.1 Å². The van der Waals surface area contributed by atoms with Crippen LogP contribution in [0.1, 0.15) is 36.1 Å². The number of hydrogen-bond acceptors (Lipinski definition) is 2. The summed E-state index contributed by atoms with van der Waals surface area (Å²) in [7, 11) is 0. The van der Waals surface area contributed by atoms with E-state index < -0.39 is 0 Å². The Morgan fingerprint density at radius 2 is 1.09 bits per heavy atom. The minimum atomic E-state index is 0.393. The van der Waals surface area contributed by atoms with E-state index in [1.54, 1.807) is 0 Å². The first-order valence-electron chi connectivity index (χ1n) is 7.45. The van der Waals surface area contributed by atoms with E-state index in [9.17, 15) is 10.2 Å². The summed E-state index contributed by atoms with van der Waals surface area (Å²) in [6.07, 6.45) is 1.73. The van der Waals surface area contributed by atoms with Crippen molar-refractivity contribution in [2.75, 3.05) is 0 Å². The molecule has 0 spiro atoms. The molecule has 4 heteroatoms. The molecule has 0 unspecified atom stereocenters. The van der Waals surface area contributed by atoms with Gasteiger partial charge >= 0.3 is 144 Å². The molecule has 0 bridgehead atoms. The molecule has 0 amide bonds. The number of aryl methyl sites for hydroxylation is 4. The summed E-state index contributed by atoms with van der Waals surface area (Å²) in [5.41, 5.74) is 4.04. The predicted octanol–water partition coefficient (Wildman–Crippen LogP) is 2.11. The van der Waals surface area contributed by atoms with Crippen molar-refractivity contribution >= 4 is 35.2 Å². The first kappa shape index (κ1) is 17.4. The topological polar surface area (TPSA) is 40.5 Å². The number of phenols is 2. The minimum absolute atomic E-state index is 0.393. The predicted molar refractivity (Wildman–Crippen MR) is 95.2 cm³/mol. The van der Waals surface area contributed by atoms with Crippen molar-refractivity contribution in [3.63, 3.8) is 0 Å². The van der Waals surface area contributed by atoms with Crippen molar-refractivity contribution in [1.82, 2.24) is 0 Å². The van der Waals surface area contributed by atoms with Crippen LogP contribution in [-0.4, -0.2) is 36.5 Å². The zero-order chi connectivity index (χ0) is 16.3. The van der Waals surface area contributed by atoms with Gasteiger partial charge in [-0.25, -0.2) is 0 Å². The second-order valence-corrected chi connectivity index (χ2v) is 11.7. The van der Waals surface area contributed by atoms with Gasteiger partial charge in [0.1, 0.15) is 0 Å². The van der Waals surface area contributed by atoms with Crippen LogP contribution in [0.15, 0.2) is 24.3 Å². The average molecular weight is 428 g/mol. The van der Waals surface area contributed by atoms with Crippen LogP contribution in [0.5, 0.6) is 11.5 Å². The molecule has 0 saturated carbocycles. The van der Waals surface area contributed by atoms with Gasteiger partial charge in [-0.15, -0.1) is 0 Å². The van der Waals surface area contributed by atoms with Gasteiger partial charge < -0.3 is 0 Å². The number of phenolic OH excluding ortho intramolecular Hbond substituents is 2. The molecule has 2 aromatic carbocycles. The van der Waals surface area contributed by atoms with Crippen LogP contribution >= 0.6 is 0 Å². The summed E-state index contributed by atoms with van der Waals surface area (Å²) >= 11 is 0.785. The fourth-order valence-corrected chi connectivity index (χ4v) is 8.71. The van der Waals surface area contributed by atoms with Gasteiger partial charge in [0.25, 0.3) is 0 Å². The molecule has 0 aliphatic heterocycles. The molecule has 0 aliphatic rings. The van der Waals surface area contributed by atoms with Gasteiger partial charge in [0.2, 0.25) is 0 Å². The Bertz CT molecular complexity index is 622. The fraction of sp³-hybridized carbons (Fsp3) is 0.333. The summed E-state index contributed by atoms with van der Waals surface area (Å²) in [5.74, 6) is 0.895.